The lowest BCUT2D eigenvalue weighted by molar-refractivity contribution is -0.119. The van der Waals surface area contributed by atoms with E-state index in [1.807, 2.05) is 37.4 Å². The Hall–Kier alpha value is -2.52. The minimum Gasteiger partial charge on any atom is -0.351 e. The number of carbonyl (C=O) groups excluding carboxylic acids is 2. The zero-order valence-corrected chi connectivity index (χ0v) is 16.3. The molecule has 0 aliphatic carbocycles. The quantitative estimate of drug-likeness (QED) is 0.678. The Balaban J connectivity index is 1.61. The van der Waals surface area contributed by atoms with Gasteiger partial charge in [-0.15, -0.1) is 22.7 Å². The summed E-state index contributed by atoms with van der Waals surface area (Å²) >= 11 is 2.95. The minimum absolute atomic E-state index is 0.0544. The molecule has 3 heterocycles. The summed E-state index contributed by atoms with van der Waals surface area (Å²) in [6.07, 6.45) is 0. The molecule has 3 aromatic rings. The van der Waals surface area contributed by atoms with Crippen molar-refractivity contribution in [1.29, 1.82) is 0 Å². The molecule has 26 heavy (non-hydrogen) atoms. The lowest BCUT2D eigenvalue weighted by atomic mass is 10.3. The summed E-state index contributed by atoms with van der Waals surface area (Å²) in [5.74, 6) is -0.212. The van der Waals surface area contributed by atoms with Crippen LogP contribution < -0.4 is 10.6 Å². The number of rotatable bonds is 6. The van der Waals surface area contributed by atoms with Gasteiger partial charge in [-0.2, -0.15) is 5.10 Å². The molecule has 0 atom stereocenters. The molecule has 2 N–H and O–H groups in total. The van der Waals surface area contributed by atoms with E-state index in [0.717, 1.165) is 26.8 Å². The lowest BCUT2D eigenvalue weighted by Crippen LogP contribution is -2.20. The van der Waals surface area contributed by atoms with E-state index >= 15 is 0 Å². The van der Waals surface area contributed by atoms with Crippen molar-refractivity contribution >= 4 is 39.6 Å². The molecule has 0 aromatic carbocycles. The molecule has 7 nitrogen and oxygen atoms in total. The van der Waals surface area contributed by atoms with Gasteiger partial charge in [0, 0.05) is 22.9 Å². The number of thiazole rings is 1. The third kappa shape index (κ3) is 4.55. The molecule has 3 aromatic heterocycles. The molecule has 0 saturated heterocycles. The molecule has 9 heteroatoms. The largest absolute Gasteiger partial charge is 0.351 e. The molecule has 0 fully saturated rings. The van der Waals surface area contributed by atoms with Gasteiger partial charge in [-0.1, -0.05) is 0 Å². The number of nitrogens with one attached hydrogen (secondary N) is 2. The van der Waals surface area contributed by atoms with Gasteiger partial charge in [0.1, 0.15) is 6.54 Å². The van der Waals surface area contributed by atoms with Gasteiger partial charge in [0.05, 0.1) is 22.8 Å². The van der Waals surface area contributed by atoms with E-state index in [9.17, 15) is 9.59 Å². The first kappa shape index (κ1) is 18.3. The summed E-state index contributed by atoms with van der Waals surface area (Å²) in [7, 11) is 0. The SMILES string of the molecule is CC(=O)NCc1ccc(-c2csc(NC(=O)Cn3nc(C)cc3C)n2)s1. The highest BCUT2D eigenvalue weighted by molar-refractivity contribution is 7.17. The predicted octanol–water partition coefficient (Wildman–Crippen LogP) is 2.96. The topological polar surface area (TPSA) is 88.9 Å². The average molecular weight is 390 g/mol. The van der Waals surface area contributed by atoms with Crippen LogP contribution in [-0.2, 0) is 22.7 Å². The maximum Gasteiger partial charge on any atom is 0.247 e. The molecule has 136 valence electrons. The number of hydrogen-bond acceptors (Lipinski definition) is 6. The van der Waals surface area contributed by atoms with E-state index in [-0.39, 0.29) is 18.4 Å². The normalized spacial score (nSPS) is 10.7. The van der Waals surface area contributed by atoms with Crippen LogP contribution in [0.15, 0.2) is 23.6 Å². The Morgan fingerprint density at radius 1 is 1.27 bits per heavy atom. The molecular weight excluding hydrogens is 370 g/mol. The van der Waals surface area contributed by atoms with Crippen molar-refractivity contribution in [2.45, 2.75) is 33.9 Å². The van der Waals surface area contributed by atoms with E-state index in [1.165, 1.54) is 18.3 Å². The number of nitrogens with zero attached hydrogens (tertiary/aromatic N) is 3. The minimum atomic E-state index is -0.158. The van der Waals surface area contributed by atoms with Crippen molar-refractivity contribution in [3.63, 3.8) is 0 Å². The highest BCUT2D eigenvalue weighted by Crippen LogP contribution is 2.30. The Bertz CT molecular complexity index is 941. The molecular formula is C17H19N5O2S2. The summed E-state index contributed by atoms with van der Waals surface area (Å²) in [4.78, 5) is 29.7. The maximum absolute atomic E-state index is 12.2. The third-order valence-corrected chi connectivity index (χ3v) is 5.44. The smallest absolute Gasteiger partial charge is 0.247 e. The molecule has 0 radical (unpaired) electrons. The first-order valence-electron chi connectivity index (χ1n) is 8.00. The number of thiophene rings is 1. The molecule has 2 amide bonds. The fourth-order valence-corrected chi connectivity index (χ4v) is 4.11. The van der Waals surface area contributed by atoms with Crippen LogP contribution in [0.4, 0.5) is 5.13 Å². The molecule has 3 rings (SSSR count). The van der Waals surface area contributed by atoms with Crippen molar-refractivity contribution < 1.29 is 9.59 Å². The van der Waals surface area contributed by atoms with Crippen molar-refractivity contribution in [1.82, 2.24) is 20.1 Å². The van der Waals surface area contributed by atoms with Crippen LogP contribution in [-0.4, -0.2) is 26.6 Å². The second-order valence-corrected chi connectivity index (χ2v) is 7.87. The van der Waals surface area contributed by atoms with Crippen LogP contribution in [0.2, 0.25) is 0 Å². The van der Waals surface area contributed by atoms with Crippen LogP contribution in [0, 0.1) is 13.8 Å². The lowest BCUT2D eigenvalue weighted by Gasteiger charge is -2.04. The van der Waals surface area contributed by atoms with Crippen LogP contribution in [0.1, 0.15) is 23.2 Å². The molecule has 0 spiro atoms. The van der Waals surface area contributed by atoms with Gasteiger partial charge in [0.25, 0.3) is 0 Å². The van der Waals surface area contributed by atoms with Gasteiger partial charge in [-0.3, -0.25) is 14.3 Å². The van der Waals surface area contributed by atoms with Crippen LogP contribution in [0.5, 0.6) is 0 Å². The number of anilines is 1. The number of aromatic nitrogens is 3. The summed E-state index contributed by atoms with van der Waals surface area (Å²) in [6.45, 7) is 5.99. The standard InChI is InChI=1S/C17H19N5O2S2/c1-10-6-11(2)22(21-10)8-16(24)20-17-19-14(9-25-17)15-5-4-13(26-15)7-18-12(3)23/h4-6,9H,7-8H2,1-3H3,(H,18,23)(H,19,20,24). The van der Waals surface area contributed by atoms with Crippen LogP contribution in [0.25, 0.3) is 10.6 Å². The number of hydrogen-bond donors (Lipinski definition) is 2. The highest BCUT2D eigenvalue weighted by Gasteiger charge is 2.12. The van der Waals surface area contributed by atoms with Crippen molar-refractivity contribution in [3.8, 4) is 10.6 Å². The fourth-order valence-electron chi connectivity index (χ4n) is 2.40. The first-order chi connectivity index (χ1) is 12.4. The number of carbonyl (C=O) groups is 2. The highest BCUT2D eigenvalue weighted by atomic mass is 32.1. The maximum atomic E-state index is 12.2. The monoisotopic (exact) mass is 389 g/mol. The summed E-state index contributed by atoms with van der Waals surface area (Å²) in [5, 5.41) is 12.4. The van der Waals surface area contributed by atoms with Crippen LogP contribution in [0.3, 0.4) is 0 Å². The number of aryl methyl sites for hydroxylation is 2. The Morgan fingerprint density at radius 3 is 2.77 bits per heavy atom. The first-order valence-corrected chi connectivity index (χ1v) is 9.70. The third-order valence-electron chi connectivity index (χ3n) is 3.57. The van der Waals surface area contributed by atoms with Gasteiger partial charge in [-0.25, -0.2) is 4.98 Å². The second kappa shape index (κ2) is 7.79. The van der Waals surface area contributed by atoms with Crippen molar-refractivity contribution in [3.05, 3.63) is 39.8 Å². The molecule has 0 unspecified atom stereocenters. The van der Waals surface area contributed by atoms with Gasteiger partial charge >= 0.3 is 0 Å². The Kier molecular flexibility index (Phi) is 5.48. The van der Waals surface area contributed by atoms with E-state index in [2.05, 4.69) is 20.7 Å². The Morgan fingerprint density at radius 2 is 2.08 bits per heavy atom. The molecule has 0 bridgehead atoms. The number of amides is 2. The van der Waals surface area contributed by atoms with E-state index in [1.54, 1.807) is 16.0 Å². The fraction of sp³-hybridized carbons (Fsp3) is 0.294. The molecule has 0 aliphatic heterocycles. The zero-order valence-electron chi connectivity index (χ0n) is 14.7. The van der Waals surface area contributed by atoms with Gasteiger partial charge in [-0.05, 0) is 32.0 Å². The summed E-state index contributed by atoms with van der Waals surface area (Å²) in [5.41, 5.74) is 2.65. The molecule has 0 saturated carbocycles. The zero-order chi connectivity index (χ0) is 18.7. The average Bonchev–Trinajstić information content (AvgIpc) is 3.26. The Labute approximate surface area is 159 Å². The van der Waals surface area contributed by atoms with Crippen molar-refractivity contribution in [2.24, 2.45) is 0 Å². The predicted molar refractivity (Wildman–Crippen MR) is 103 cm³/mol. The van der Waals surface area contributed by atoms with Crippen LogP contribution >= 0.6 is 22.7 Å². The van der Waals surface area contributed by atoms with Gasteiger partial charge in [0.15, 0.2) is 5.13 Å². The summed E-state index contributed by atoms with van der Waals surface area (Å²) < 4.78 is 1.67. The van der Waals surface area contributed by atoms with E-state index in [4.69, 9.17) is 0 Å². The van der Waals surface area contributed by atoms with Gasteiger partial charge in [0.2, 0.25) is 11.8 Å². The molecule has 0 aliphatic rings. The van der Waals surface area contributed by atoms with E-state index in [0.29, 0.717) is 11.7 Å². The summed E-state index contributed by atoms with van der Waals surface area (Å²) in [6, 6.07) is 5.87. The van der Waals surface area contributed by atoms with Gasteiger partial charge < -0.3 is 10.6 Å². The second-order valence-electron chi connectivity index (χ2n) is 5.85. The van der Waals surface area contributed by atoms with E-state index < -0.39 is 0 Å². The van der Waals surface area contributed by atoms with Crippen molar-refractivity contribution in [2.75, 3.05) is 5.32 Å².